The van der Waals surface area contributed by atoms with Gasteiger partial charge in [0.2, 0.25) is 5.96 Å². The van der Waals surface area contributed by atoms with Crippen LogP contribution in [0.25, 0.3) is 0 Å². The van der Waals surface area contributed by atoms with Crippen molar-refractivity contribution < 1.29 is 0 Å². The maximum Gasteiger partial charge on any atom is 0.223 e. The standard InChI is InChI=1S/C11H17N5S.ClH/c1-2-7-17-9-5-3-8(4-6-9)15-11(14)16-10(12)13;/h3-6H,2,7H2,1H3,(H6,12,13,14,15,16);1H. The third kappa shape index (κ3) is 6.36. The highest BCUT2D eigenvalue weighted by molar-refractivity contribution is 7.99. The lowest BCUT2D eigenvalue weighted by molar-refractivity contribution is 1.10. The predicted molar refractivity (Wildman–Crippen MR) is 81.8 cm³/mol. The fraction of sp³-hybridized carbons (Fsp3) is 0.273. The zero-order valence-corrected chi connectivity index (χ0v) is 11.8. The molecule has 6 N–H and O–H groups in total. The minimum Gasteiger partial charge on any atom is -0.370 e. The van der Waals surface area contributed by atoms with Crippen molar-refractivity contribution in [3.63, 3.8) is 0 Å². The molecule has 100 valence electrons. The van der Waals surface area contributed by atoms with Crippen LogP contribution in [0, 0.1) is 0 Å². The van der Waals surface area contributed by atoms with Crippen molar-refractivity contribution in [2.75, 3.05) is 5.75 Å². The van der Waals surface area contributed by atoms with Gasteiger partial charge < -0.3 is 17.2 Å². The first-order valence-electron chi connectivity index (χ1n) is 5.28. The molecule has 0 unspecified atom stereocenters. The Labute approximate surface area is 117 Å². The second kappa shape index (κ2) is 8.66. The first-order chi connectivity index (χ1) is 8.11. The van der Waals surface area contributed by atoms with Crippen LogP contribution in [0.3, 0.4) is 0 Å². The van der Waals surface area contributed by atoms with E-state index in [1.165, 1.54) is 4.90 Å². The molecule has 0 heterocycles. The fourth-order valence-electron chi connectivity index (χ4n) is 1.13. The van der Waals surface area contributed by atoms with E-state index in [1.807, 2.05) is 36.0 Å². The number of benzene rings is 1. The lowest BCUT2D eigenvalue weighted by Crippen LogP contribution is -2.26. The molecule has 0 bridgehead atoms. The Hall–Kier alpha value is -1.40. The molecule has 0 aliphatic heterocycles. The van der Waals surface area contributed by atoms with E-state index in [1.54, 1.807) is 0 Å². The molecular weight excluding hydrogens is 270 g/mol. The van der Waals surface area contributed by atoms with Crippen molar-refractivity contribution in [3.8, 4) is 0 Å². The molecule has 0 radical (unpaired) electrons. The van der Waals surface area contributed by atoms with Crippen LogP contribution in [-0.2, 0) is 0 Å². The van der Waals surface area contributed by atoms with Crippen LogP contribution in [-0.4, -0.2) is 17.7 Å². The van der Waals surface area contributed by atoms with E-state index in [0.717, 1.165) is 17.9 Å². The predicted octanol–water partition coefficient (Wildman–Crippen LogP) is 1.83. The summed E-state index contributed by atoms with van der Waals surface area (Å²) in [6.45, 7) is 2.15. The van der Waals surface area contributed by atoms with Crippen LogP contribution in [0.15, 0.2) is 39.1 Å². The summed E-state index contributed by atoms with van der Waals surface area (Å²) in [5, 5.41) is 0. The quantitative estimate of drug-likeness (QED) is 0.446. The lowest BCUT2D eigenvalue weighted by atomic mass is 10.3. The van der Waals surface area contributed by atoms with Crippen molar-refractivity contribution in [2.24, 2.45) is 27.2 Å². The molecule has 0 aliphatic carbocycles. The Bertz CT molecular complexity index is 412. The molecule has 5 nitrogen and oxygen atoms in total. The van der Waals surface area contributed by atoms with E-state index < -0.39 is 0 Å². The molecular formula is C11H18ClN5S. The lowest BCUT2D eigenvalue weighted by Gasteiger charge is -2.00. The summed E-state index contributed by atoms with van der Waals surface area (Å²) in [5.74, 6) is 1.07. The summed E-state index contributed by atoms with van der Waals surface area (Å²) in [6, 6.07) is 7.77. The molecule has 1 rings (SSSR count). The number of hydrogen-bond acceptors (Lipinski definition) is 2. The molecule has 0 fully saturated rings. The summed E-state index contributed by atoms with van der Waals surface area (Å²) in [7, 11) is 0. The van der Waals surface area contributed by atoms with E-state index in [2.05, 4.69) is 16.9 Å². The van der Waals surface area contributed by atoms with Crippen LogP contribution < -0.4 is 17.2 Å². The third-order valence-corrected chi connectivity index (χ3v) is 3.01. The molecule has 0 saturated heterocycles. The Balaban J connectivity index is 0.00000289. The highest BCUT2D eigenvalue weighted by Gasteiger charge is 1.95. The summed E-state index contributed by atoms with van der Waals surface area (Å²) >= 11 is 1.81. The number of hydrogen-bond donors (Lipinski definition) is 3. The van der Waals surface area contributed by atoms with E-state index in [9.17, 15) is 0 Å². The van der Waals surface area contributed by atoms with Gasteiger partial charge in [-0.3, -0.25) is 0 Å². The summed E-state index contributed by atoms with van der Waals surface area (Å²) in [5.41, 5.74) is 16.6. The van der Waals surface area contributed by atoms with Gasteiger partial charge in [0.05, 0.1) is 5.69 Å². The Morgan fingerprint density at radius 2 is 1.78 bits per heavy atom. The van der Waals surface area contributed by atoms with Gasteiger partial charge in [0, 0.05) is 4.90 Å². The van der Waals surface area contributed by atoms with Crippen molar-refractivity contribution in [2.45, 2.75) is 18.2 Å². The van der Waals surface area contributed by atoms with E-state index in [4.69, 9.17) is 17.2 Å². The number of thioether (sulfide) groups is 1. The molecule has 18 heavy (non-hydrogen) atoms. The second-order valence-corrected chi connectivity index (χ2v) is 4.52. The van der Waals surface area contributed by atoms with Gasteiger partial charge in [-0.05, 0) is 36.4 Å². The zero-order valence-electron chi connectivity index (χ0n) is 10.2. The van der Waals surface area contributed by atoms with Gasteiger partial charge in [-0.25, -0.2) is 4.99 Å². The van der Waals surface area contributed by atoms with Crippen molar-refractivity contribution in [1.29, 1.82) is 0 Å². The van der Waals surface area contributed by atoms with Gasteiger partial charge in [-0.15, -0.1) is 24.2 Å². The summed E-state index contributed by atoms with van der Waals surface area (Å²) in [4.78, 5) is 8.91. The highest BCUT2D eigenvalue weighted by Crippen LogP contribution is 2.22. The Kier molecular flexibility index (Phi) is 7.98. The molecule has 1 aromatic rings. The maximum atomic E-state index is 5.52. The van der Waals surface area contributed by atoms with Gasteiger partial charge in [-0.2, -0.15) is 4.99 Å². The first kappa shape index (κ1) is 16.6. The van der Waals surface area contributed by atoms with Gasteiger partial charge in [0.15, 0.2) is 5.96 Å². The van der Waals surface area contributed by atoms with Crippen LogP contribution in [0.1, 0.15) is 13.3 Å². The number of aliphatic imine (C=N–C) groups is 2. The Morgan fingerprint density at radius 3 is 2.28 bits per heavy atom. The molecule has 0 saturated carbocycles. The number of rotatable bonds is 4. The molecule has 7 heteroatoms. The number of halogens is 1. The fourth-order valence-corrected chi connectivity index (χ4v) is 1.89. The van der Waals surface area contributed by atoms with Crippen LogP contribution >= 0.6 is 24.2 Å². The largest absolute Gasteiger partial charge is 0.370 e. The zero-order chi connectivity index (χ0) is 12.7. The number of nitrogens with two attached hydrogens (primary N) is 3. The molecule has 0 aromatic heterocycles. The average molecular weight is 288 g/mol. The van der Waals surface area contributed by atoms with Gasteiger partial charge in [0.1, 0.15) is 0 Å². The van der Waals surface area contributed by atoms with Gasteiger partial charge >= 0.3 is 0 Å². The molecule has 0 amide bonds. The van der Waals surface area contributed by atoms with Crippen molar-refractivity contribution in [1.82, 2.24) is 0 Å². The monoisotopic (exact) mass is 287 g/mol. The molecule has 0 spiro atoms. The third-order valence-electron chi connectivity index (χ3n) is 1.80. The average Bonchev–Trinajstić information content (AvgIpc) is 2.27. The van der Waals surface area contributed by atoms with E-state index in [-0.39, 0.29) is 24.3 Å². The normalized spacial score (nSPS) is 10.6. The van der Waals surface area contributed by atoms with Crippen LogP contribution in [0.5, 0.6) is 0 Å². The van der Waals surface area contributed by atoms with Crippen LogP contribution in [0.4, 0.5) is 5.69 Å². The smallest absolute Gasteiger partial charge is 0.223 e. The highest BCUT2D eigenvalue weighted by atomic mass is 35.5. The minimum atomic E-state index is -0.0960. The topological polar surface area (TPSA) is 103 Å². The molecule has 0 atom stereocenters. The maximum absolute atomic E-state index is 5.52. The van der Waals surface area contributed by atoms with Gasteiger partial charge in [0.25, 0.3) is 0 Å². The Morgan fingerprint density at radius 1 is 1.17 bits per heavy atom. The molecule has 1 aromatic carbocycles. The minimum absolute atomic E-state index is 0. The SMILES string of the molecule is CCCSc1ccc(N=C(N)N=C(N)N)cc1.Cl. The number of nitrogens with zero attached hydrogens (tertiary/aromatic N) is 2. The van der Waals surface area contributed by atoms with E-state index in [0.29, 0.717) is 0 Å². The van der Waals surface area contributed by atoms with Crippen LogP contribution in [0.2, 0.25) is 0 Å². The molecule has 0 aliphatic rings. The number of guanidine groups is 2. The van der Waals surface area contributed by atoms with E-state index >= 15 is 0 Å². The second-order valence-electron chi connectivity index (χ2n) is 3.35. The first-order valence-corrected chi connectivity index (χ1v) is 6.27. The van der Waals surface area contributed by atoms with Gasteiger partial charge in [-0.1, -0.05) is 6.92 Å². The summed E-state index contributed by atoms with van der Waals surface area (Å²) in [6.07, 6.45) is 1.15. The van der Waals surface area contributed by atoms with Crippen molar-refractivity contribution in [3.05, 3.63) is 24.3 Å². The summed E-state index contributed by atoms with van der Waals surface area (Å²) < 4.78 is 0. The van der Waals surface area contributed by atoms with Crippen molar-refractivity contribution >= 4 is 41.8 Å².